The van der Waals surface area contributed by atoms with Crippen molar-refractivity contribution in [1.82, 2.24) is 0 Å². The maximum atomic E-state index is 7.82. The molecule has 0 N–H and O–H groups in total. The lowest BCUT2D eigenvalue weighted by atomic mass is 9.52. The van der Waals surface area contributed by atoms with Crippen LogP contribution in [0.15, 0.2) is 0 Å². The summed E-state index contributed by atoms with van der Waals surface area (Å²) in [5, 5.41) is 0. The predicted molar refractivity (Wildman–Crippen MR) is 240 cm³/mol. The van der Waals surface area contributed by atoms with Gasteiger partial charge in [0, 0.05) is 0 Å². The molecule has 1 saturated heterocycles. The number of ether oxygens (including phenoxy) is 1. The summed E-state index contributed by atoms with van der Waals surface area (Å²) in [5.41, 5.74) is 0. The van der Waals surface area contributed by atoms with E-state index in [1.54, 1.807) is 180 Å². The second kappa shape index (κ2) is 17.2. The van der Waals surface area contributed by atoms with Crippen LogP contribution in [-0.4, -0.2) is 12.2 Å². The van der Waals surface area contributed by atoms with E-state index in [2.05, 4.69) is 0 Å². The molecule has 1 heteroatoms. The molecule has 1 aliphatic heterocycles. The standard InChI is InChI=1S/C57H92O/c1-2-13-37(14-3-1)51-26-27-52(57-56(51)53-34-40-16-6-7-17-41(40)35-54(53)58-57)48-32-46(31-47(33-48)42-25-24-36-12-4-5-15-38(36)28-42)39-19-10-20-44(29-39)50-23-11-21-45-30-43-18-8-9-22-49(43)55(45)50/h36-57H,1-35H2. The van der Waals surface area contributed by atoms with Gasteiger partial charge in [-0.05, 0) is 208 Å². The molecule has 58 heavy (non-hydrogen) atoms. The zero-order valence-corrected chi connectivity index (χ0v) is 37.9. The average Bonchev–Trinajstić information content (AvgIpc) is 3.86. The number of hydrogen-bond acceptors (Lipinski definition) is 1. The molecule has 0 amide bonds. The van der Waals surface area contributed by atoms with Crippen molar-refractivity contribution in [3.05, 3.63) is 0 Å². The normalized spacial score (nSPS) is 54.9. The summed E-state index contributed by atoms with van der Waals surface area (Å²) in [5.74, 6) is 21.0. The summed E-state index contributed by atoms with van der Waals surface area (Å²) in [6, 6.07) is 0. The summed E-state index contributed by atoms with van der Waals surface area (Å²) in [4.78, 5) is 0. The molecule has 12 rings (SSSR count). The van der Waals surface area contributed by atoms with E-state index in [0.717, 1.165) is 118 Å². The average molecular weight is 793 g/mol. The summed E-state index contributed by atoms with van der Waals surface area (Å²) >= 11 is 0. The highest BCUT2D eigenvalue weighted by Gasteiger charge is 2.59. The third-order valence-corrected chi connectivity index (χ3v) is 23.8. The van der Waals surface area contributed by atoms with Crippen molar-refractivity contribution in [2.75, 3.05) is 0 Å². The molecule has 0 aromatic carbocycles. The van der Waals surface area contributed by atoms with Gasteiger partial charge in [-0.25, -0.2) is 0 Å². The lowest BCUT2D eigenvalue weighted by Gasteiger charge is -2.52. The zero-order chi connectivity index (χ0) is 38.2. The first kappa shape index (κ1) is 39.5. The van der Waals surface area contributed by atoms with Crippen LogP contribution in [0.5, 0.6) is 0 Å². The third kappa shape index (κ3) is 7.42. The van der Waals surface area contributed by atoms with Gasteiger partial charge in [-0.15, -0.1) is 0 Å². The molecule has 0 aromatic heterocycles. The summed E-state index contributed by atoms with van der Waals surface area (Å²) in [7, 11) is 0. The van der Waals surface area contributed by atoms with Gasteiger partial charge in [-0.3, -0.25) is 0 Å². The van der Waals surface area contributed by atoms with Gasteiger partial charge in [-0.2, -0.15) is 0 Å². The lowest BCUT2D eigenvalue weighted by molar-refractivity contribution is -0.0860. The van der Waals surface area contributed by atoms with Crippen LogP contribution >= 0.6 is 0 Å². The monoisotopic (exact) mass is 793 g/mol. The van der Waals surface area contributed by atoms with E-state index in [1.807, 2.05) is 0 Å². The Hall–Kier alpha value is -0.0400. The first-order valence-electron chi connectivity index (χ1n) is 28.4. The second-order valence-electron chi connectivity index (χ2n) is 25.9. The molecule has 12 aliphatic rings. The lowest BCUT2D eigenvalue weighted by Crippen LogP contribution is -2.48. The molecule has 1 nitrogen and oxygen atoms in total. The molecular weight excluding hydrogens is 701 g/mol. The fourth-order valence-electron chi connectivity index (χ4n) is 21.5. The van der Waals surface area contributed by atoms with Crippen LogP contribution in [-0.2, 0) is 4.74 Å². The van der Waals surface area contributed by atoms with Crippen molar-refractivity contribution in [1.29, 1.82) is 0 Å². The Bertz CT molecular complexity index is 1360. The quantitative estimate of drug-likeness (QED) is 0.269. The fourth-order valence-corrected chi connectivity index (χ4v) is 21.5. The Balaban J connectivity index is 0.817. The molecular formula is C57H92O. The van der Waals surface area contributed by atoms with Crippen LogP contribution in [0.25, 0.3) is 0 Å². The Morgan fingerprint density at radius 3 is 1.43 bits per heavy atom. The molecule has 0 bridgehead atoms. The predicted octanol–water partition coefficient (Wildman–Crippen LogP) is 15.9. The first-order chi connectivity index (χ1) is 28.7. The van der Waals surface area contributed by atoms with Crippen LogP contribution < -0.4 is 0 Å². The molecule has 11 aliphatic carbocycles. The van der Waals surface area contributed by atoms with Gasteiger partial charge < -0.3 is 4.74 Å². The fraction of sp³-hybridized carbons (Fsp3) is 1.00. The molecule has 1 heterocycles. The Kier molecular flexibility index (Phi) is 11.7. The van der Waals surface area contributed by atoms with Crippen LogP contribution in [0.1, 0.15) is 225 Å². The Morgan fingerprint density at radius 2 is 0.638 bits per heavy atom. The molecule has 12 fully saturated rings. The van der Waals surface area contributed by atoms with E-state index in [9.17, 15) is 0 Å². The van der Waals surface area contributed by atoms with Crippen molar-refractivity contribution in [2.24, 2.45) is 118 Å². The SMILES string of the molecule is C1CCC(C2CCC(C3CC(C4CCC5CCCCC5C4)CC(C4CCCC(C5CCCC6CC7CCCCC7C65)C4)C3)C3OC4CC5CCCCC5CC4C23)CC1. The number of fused-ring (bicyclic) bond motifs is 8. The van der Waals surface area contributed by atoms with Crippen molar-refractivity contribution < 1.29 is 4.74 Å². The van der Waals surface area contributed by atoms with Crippen molar-refractivity contribution in [3.63, 3.8) is 0 Å². The number of hydrogen-bond donors (Lipinski definition) is 0. The Morgan fingerprint density at radius 1 is 0.207 bits per heavy atom. The minimum Gasteiger partial charge on any atom is -0.374 e. The van der Waals surface area contributed by atoms with Crippen molar-refractivity contribution >= 4 is 0 Å². The molecule has 326 valence electrons. The largest absolute Gasteiger partial charge is 0.374 e. The van der Waals surface area contributed by atoms with Gasteiger partial charge >= 0.3 is 0 Å². The van der Waals surface area contributed by atoms with Crippen LogP contribution in [0.3, 0.4) is 0 Å². The van der Waals surface area contributed by atoms with Crippen LogP contribution in [0.2, 0.25) is 0 Å². The van der Waals surface area contributed by atoms with E-state index >= 15 is 0 Å². The first-order valence-corrected chi connectivity index (χ1v) is 28.4. The molecule has 21 atom stereocenters. The van der Waals surface area contributed by atoms with E-state index < -0.39 is 0 Å². The molecule has 0 radical (unpaired) electrons. The van der Waals surface area contributed by atoms with Crippen molar-refractivity contribution in [2.45, 2.75) is 237 Å². The minimum atomic E-state index is 0.635. The summed E-state index contributed by atoms with van der Waals surface area (Å²) in [6.07, 6.45) is 56.5. The Labute approximate surface area is 358 Å². The highest BCUT2D eigenvalue weighted by atomic mass is 16.5. The van der Waals surface area contributed by atoms with Gasteiger partial charge in [0.1, 0.15) is 0 Å². The van der Waals surface area contributed by atoms with E-state index in [-0.39, 0.29) is 0 Å². The molecule has 11 saturated carbocycles. The van der Waals surface area contributed by atoms with E-state index in [4.69, 9.17) is 4.74 Å². The highest BCUT2D eigenvalue weighted by molar-refractivity contribution is 5.07. The molecule has 21 unspecified atom stereocenters. The van der Waals surface area contributed by atoms with Gasteiger partial charge in [-0.1, -0.05) is 135 Å². The van der Waals surface area contributed by atoms with E-state index in [0.29, 0.717) is 12.2 Å². The van der Waals surface area contributed by atoms with Crippen LogP contribution in [0, 0.1) is 118 Å². The zero-order valence-electron chi connectivity index (χ0n) is 37.9. The highest BCUT2D eigenvalue weighted by Crippen LogP contribution is 2.63. The summed E-state index contributed by atoms with van der Waals surface area (Å²) in [6.45, 7) is 0. The third-order valence-electron chi connectivity index (χ3n) is 23.8. The molecule has 0 aromatic rings. The summed E-state index contributed by atoms with van der Waals surface area (Å²) < 4.78 is 7.82. The minimum absolute atomic E-state index is 0.635. The maximum absolute atomic E-state index is 7.82. The second-order valence-corrected chi connectivity index (χ2v) is 25.9. The number of rotatable bonds is 5. The van der Waals surface area contributed by atoms with Crippen molar-refractivity contribution in [3.8, 4) is 0 Å². The van der Waals surface area contributed by atoms with E-state index in [1.165, 1.54) is 44.9 Å². The van der Waals surface area contributed by atoms with Gasteiger partial charge in [0.15, 0.2) is 0 Å². The van der Waals surface area contributed by atoms with Gasteiger partial charge in [0.2, 0.25) is 0 Å². The van der Waals surface area contributed by atoms with Gasteiger partial charge in [0.25, 0.3) is 0 Å². The van der Waals surface area contributed by atoms with Crippen LogP contribution in [0.4, 0.5) is 0 Å². The topological polar surface area (TPSA) is 9.23 Å². The van der Waals surface area contributed by atoms with Gasteiger partial charge in [0.05, 0.1) is 12.2 Å². The smallest absolute Gasteiger partial charge is 0.0644 e. The molecule has 0 spiro atoms. The maximum Gasteiger partial charge on any atom is 0.0644 e.